The number of ether oxygens (including phenoxy) is 1. The second-order valence-electron chi connectivity index (χ2n) is 5.84. The first-order valence-electron chi connectivity index (χ1n) is 8.09. The molecule has 0 aliphatic carbocycles. The van der Waals surface area contributed by atoms with Crippen molar-refractivity contribution in [3.05, 3.63) is 59.4 Å². The van der Waals surface area contributed by atoms with Crippen molar-refractivity contribution in [1.82, 2.24) is 5.32 Å². The van der Waals surface area contributed by atoms with Crippen LogP contribution in [0.15, 0.2) is 42.5 Å². The van der Waals surface area contributed by atoms with E-state index in [0.29, 0.717) is 24.5 Å². The highest BCUT2D eigenvalue weighted by Crippen LogP contribution is 2.39. The van der Waals surface area contributed by atoms with Crippen LogP contribution in [0.4, 0.5) is 10.1 Å². The summed E-state index contributed by atoms with van der Waals surface area (Å²) in [7, 11) is 0. The molecule has 2 amide bonds. The van der Waals surface area contributed by atoms with Crippen molar-refractivity contribution in [2.45, 2.75) is 26.4 Å². The van der Waals surface area contributed by atoms with E-state index in [-0.39, 0.29) is 17.6 Å². The van der Waals surface area contributed by atoms with E-state index in [1.165, 1.54) is 19.1 Å². The number of rotatable bonds is 5. The van der Waals surface area contributed by atoms with E-state index in [9.17, 15) is 14.0 Å². The van der Waals surface area contributed by atoms with Crippen molar-refractivity contribution >= 4 is 17.5 Å². The summed E-state index contributed by atoms with van der Waals surface area (Å²) in [5, 5.41) is 2.70. The van der Waals surface area contributed by atoms with Crippen molar-refractivity contribution in [3.63, 3.8) is 0 Å². The number of hydrogen-bond donors (Lipinski definition) is 1. The molecule has 1 aliphatic heterocycles. The van der Waals surface area contributed by atoms with Crippen molar-refractivity contribution in [1.29, 1.82) is 0 Å². The number of hydrogen-bond acceptors (Lipinski definition) is 3. The molecule has 0 unspecified atom stereocenters. The lowest BCUT2D eigenvalue weighted by Gasteiger charge is -2.18. The van der Waals surface area contributed by atoms with Crippen LogP contribution >= 0.6 is 0 Å². The van der Waals surface area contributed by atoms with Gasteiger partial charge in [0.25, 0.3) is 5.91 Å². The molecule has 5 nitrogen and oxygen atoms in total. The molecule has 0 radical (unpaired) electrons. The van der Waals surface area contributed by atoms with Crippen LogP contribution in [0.5, 0.6) is 5.75 Å². The first-order valence-corrected chi connectivity index (χ1v) is 8.09. The number of fused-ring (bicyclic) bond motifs is 1. The van der Waals surface area contributed by atoms with Gasteiger partial charge in [-0.3, -0.25) is 9.59 Å². The molecule has 2 aromatic carbocycles. The molecule has 130 valence electrons. The van der Waals surface area contributed by atoms with Gasteiger partial charge < -0.3 is 15.0 Å². The van der Waals surface area contributed by atoms with Crippen LogP contribution in [-0.4, -0.2) is 18.4 Å². The van der Waals surface area contributed by atoms with Crippen molar-refractivity contribution < 1.29 is 18.7 Å². The molecule has 0 fully saturated rings. The number of anilines is 1. The molecule has 0 bridgehead atoms. The summed E-state index contributed by atoms with van der Waals surface area (Å²) < 4.78 is 18.6. The molecular formula is C19H19FN2O3. The van der Waals surface area contributed by atoms with E-state index < -0.39 is 6.04 Å². The second kappa shape index (κ2) is 6.93. The Morgan fingerprint density at radius 1 is 1.24 bits per heavy atom. The molecule has 0 saturated carbocycles. The van der Waals surface area contributed by atoms with Crippen molar-refractivity contribution in [2.24, 2.45) is 0 Å². The minimum absolute atomic E-state index is 0.219. The summed E-state index contributed by atoms with van der Waals surface area (Å²) in [6.45, 7) is 4.07. The number of amides is 2. The fourth-order valence-electron chi connectivity index (χ4n) is 2.95. The summed E-state index contributed by atoms with van der Waals surface area (Å²) in [6, 6.07) is 10.6. The largest absolute Gasteiger partial charge is 0.494 e. The molecule has 1 atom stereocenters. The summed E-state index contributed by atoms with van der Waals surface area (Å²) >= 11 is 0. The molecule has 0 saturated heterocycles. The van der Waals surface area contributed by atoms with Crippen LogP contribution in [0.25, 0.3) is 0 Å². The van der Waals surface area contributed by atoms with E-state index in [4.69, 9.17) is 4.74 Å². The van der Waals surface area contributed by atoms with Crippen LogP contribution in [0, 0.1) is 5.82 Å². The summed E-state index contributed by atoms with van der Waals surface area (Å²) in [6.07, 6.45) is 0. The van der Waals surface area contributed by atoms with E-state index >= 15 is 0 Å². The highest BCUT2D eigenvalue weighted by molar-refractivity contribution is 6.06. The molecule has 2 aromatic rings. The summed E-state index contributed by atoms with van der Waals surface area (Å²) in [5.74, 6) is -0.180. The molecule has 0 spiro atoms. The molecule has 1 N–H and O–H groups in total. The van der Waals surface area contributed by atoms with Crippen LogP contribution in [0.3, 0.4) is 0 Å². The number of carbonyl (C=O) groups is 2. The molecular weight excluding hydrogens is 323 g/mol. The van der Waals surface area contributed by atoms with E-state index in [1.807, 2.05) is 13.0 Å². The van der Waals surface area contributed by atoms with Gasteiger partial charge in [0.15, 0.2) is 0 Å². The van der Waals surface area contributed by atoms with Gasteiger partial charge in [0.2, 0.25) is 5.91 Å². The maximum Gasteiger partial charge on any atom is 0.254 e. The van der Waals surface area contributed by atoms with Crippen LogP contribution in [0.2, 0.25) is 0 Å². The van der Waals surface area contributed by atoms with E-state index in [2.05, 4.69) is 5.32 Å². The second-order valence-corrected chi connectivity index (χ2v) is 5.84. The first kappa shape index (κ1) is 17.0. The fraction of sp³-hybridized carbons (Fsp3) is 0.263. The standard InChI is InChI=1S/C19H19FN2O3/c1-3-25-15-8-9-17-16(10-15)18(21-12(2)23)19(24)22(17)11-13-4-6-14(20)7-5-13/h4-10,18H,3,11H2,1-2H3,(H,21,23)/t18-/m1/s1. The molecule has 3 rings (SSSR count). The Hall–Kier alpha value is -2.89. The Morgan fingerprint density at radius 3 is 2.60 bits per heavy atom. The Morgan fingerprint density at radius 2 is 1.96 bits per heavy atom. The Kier molecular flexibility index (Phi) is 4.70. The lowest BCUT2D eigenvalue weighted by atomic mass is 10.1. The molecule has 1 aliphatic rings. The zero-order valence-corrected chi connectivity index (χ0v) is 14.1. The van der Waals surface area contributed by atoms with Crippen molar-refractivity contribution in [3.8, 4) is 5.75 Å². The SMILES string of the molecule is CCOc1ccc2c(c1)[C@@H](NC(C)=O)C(=O)N2Cc1ccc(F)cc1. The monoisotopic (exact) mass is 342 g/mol. The zero-order valence-electron chi connectivity index (χ0n) is 14.1. The Balaban J connectivity index is 1.96. The first-order chi connectivity index (χ1) is 12.0. The number of nitrogens with zero attached hydrogens (tertiary/aromatic N) is 1. The molecule has 0 aromatic heterocycles. The zero-order chi connectivity index (χ0) is 18.0. The fourth-order valence-corrected chi connectivity index (χ4v) is 2.95. The highest BCUT2D eigenvalue weighted by atomic mass is 19.1. The van der Waals surface area contributed by atoms with Gasteiger partial charge >= 0.3 is 0 Å². The number of benzene rings is 2. The van der Waals surface area contributed by atoms with Crippen LogP contribution in [-0.2, 0) is 16.1 Å². The van der Waals surface area contributed by atoms with Gasteiger partial charge in [0.1, 0.15) is 17.6 Å². The average Bonchev–Trinajstić information content (AvgIpc) is 2.82. The summed E-state index contributed by atoms with van der Waals surface area (Å²) in [4.78, 5) is 25.9. The third-order valence-electron chi connectivity index (χ3n) is 4.03. The van der Waals surface area contributed by atoms with Gasteiger partial charge in [-0.1, -0.05) is 12.1 Å². The third kappa shape index (κ3) is 3.47. The molecule has 25 heavy (non-hydrogen) atoms. The average molecular weight is 342 g/mol. The lowest BCUT2D eigenvalue weighted by Crippen LogP contribution is -2.36. The number of nitrogens with one attached hydrogen (secondary N) is 1. The highest BCUT2D eigenvalue weighted by Gasteiger charge is 2.38. The third-order valence-corrected chi connectivity index (χ3v) is 4.03. The van der Waals surface area contributed by atoms with Gasteiger partial charge in [0, 0.05) is 12.5 Å². The molecule has 6 heteroatoms. The summed E-state index contributed by atoms with van der Waals surface area (Å²) in [5.41, 5.74) is 2.22. The quantitative estimate of drug-likeness (QED) is 0.909. The van der Waals surface area contributed by atoms with Crippen LogP contribution in [0.1, 0.15) is 31.0 Å². The van der Waals surface area contributed by atoms with Gasteiger partial charge in [-0.05, 0) is 42.8 Å². The number of carbonyl (C=O) groups excluding carboxylic acids is 2. The predicted octanol–water partition coefficient (Wildman–Crippen LogP) is 2.95. The topological polar surface area (TPSA) is 58.6 Å². The smallest absolute Gasteiger partial charge is 0.254 e. The maximum atomic E-state index is 13.1. The van der Waals surface area contributed by atoms with Gasteiger partial charge in [-0.2, -0.15) is 0 Å². The lowest BCUT2D eigenvalue weighted by molar-refractivity contribution is -0.126. The van der Waals surface area contributed by atoms with Gasteiger partial charge in [-0.15, -0.1) is 0 Å². The minimum Gasteiger partial charge on any atom is -0.494 e. The normalized spacial score (nSPS) is 15.9. The predicted molar refractivity (Wildman–Crippen MR) is 91.8 cm³/mol. The van der Waals surface area contributed by atoms with E-state index in [0.717, 1.165) is 11.3 Å². The minimum atomic E-state index is -0.742. The van der Waals surface area contributed by atoms with Gasteiger partial charge in [-0.25, -0.2) is 4.39 Å². The Labute approximate surface area is 145 Å². The van der Waals surface area contributed by atoms with Gasteiger partial charge in [0.05, 0.1) is 18.8 Å². The maximum absolute atomic E-state index is 13.1. The van der Waals surface area contributed by atoms with Crippen LogP contribution < -0.4 is 15.0 Å². The Bertz CT molecular complexity index is 805. The van der Waals surface area contributed by atoms with E-state index in [1.54, 1.807) is 29.2 Å². The number of halogens is 1. The molecule has 1 heterocycles. The van der Waals surface area contributed by atoms with Crippen molar-refractivity contribution in [2.75, 3.05) is 11.5 Å².